The normalized spacial score (nSPS) is 10.9. The van der Waals surface area contributed by atoms with E-state index in [1.165, 1.54) is 10.9 Å². The van der Waals surface area contributed by atoms with Crippen molar-refractivity contribution in [2.24, 2.45) is 0 Å². The molecule has 3 heteroatoms. The van der Waals surface area contributed by atoms with E-state index in [4.69, 9.17) is 6.21 Å². The Hall–Kier alpha value is -1.77. The molecule has 2 aromatic rings. The van der Waals surface area contributed by atoms with Crippen molar-refractivity contribution in [3.8, 4) is 0 Å². The zero-order chi connectivity index (χ0) is 9.80. The first-order valence-electron chi connectivity index (χ1n) is 4.53. The number of rotatable bonds is 3. The van der Waals surface area contributed by atoms with Crippen LogP contribution in [0.1, 0.15) is 6.93 Å². The fourth-order valence-electron chi connectivity index (χ4n) is 1.01. The van der Waals surface area contributed by atoms with E-state index in [9.17, 15) is 0 Å². The third-order valence-corrected chi connectivity index (χ3v) is 1.65. The molecular formula is C10H10N2O. The summed E-state index contributed by atoms with van der Waals surface area (Å²) in [6, 6.07) is 9.81. The Morgan fingerprint density at radius 1 is 1.38 bits per heavy atom. The summed E-state index contributed by atoms with van der Waals surface area (Å²) in [5.41, 5.74) is 1.07. The predicted molar refractivity (Wildman–Crippen MR) is 49.0 cm³/mol. The molecule has 0 N–H and O–H groups in total. The van der Waals surface area contributed by atoms with Crippen LogP contribution in [0, 0.1) is 0 Å². The molecule has 0 saturated heterocycles. The van der Waals surface area contributed by atoms with Gasteiger partial charge in [0.25, 0.3) is 0 Å². The Labute approximate surface area is 78.0 Å². The molecule has 1 aromatic carbocycles. The monoisotopic (exact) mass is 175 g/mol. The van der Waals surface area contributed by atoms with Crippen molar-refractivity contribution in [2.45, 2.75) is 6.61 Å². The molecule has 0 fully saturated rings. The van der Waals surface area contributed by atoms with Gasteiger partial charge in [0.2, 0.25) is 0 Å². The lowest BCUT2D eigenvalue weighted by atomic mass is 10.2. The lowest BCUT2D eigenvalue weighted by molar-refractivity contribution is 0.0969. The number of nitrogens with zero attached hydrogens (tertiary/aromatic N) is 2. The van der Waals surface area contributed by atoms with Gasteiger partial charge in [-0.05, 0) is 5.56 Å². The summed E-state index contributed by atoms with van der Waals surface area (Å²) in [6.45, 7) is 0.447. The molecule has 0 bridgehead atoms. The van der Waals surface area contributed by atoms with Crippen LogP contribution in [0.25, 0.3) is 0 Å². The van der Waals surface area contributed by atoms with E-state index >= 15 is 0 Å². The first-order chi connectivity index (χ1) is 6.86. The Morgan fingerprint density at radius 2 is 2.23 bits per heavy atom. The Morgan fingerprint density at radius 3 is 2.92 bits per heavy atom. The molecule has 0 aliphatic heterocycles. The molecule has 0 spiro atoms. The van der Waals surface area contributed by atoms with Crippen LogP contribution in [0.4, 0.5) is 0 Å². The van der Waals surface area contributed by atoms with E-state index in [1.807, 2.05) is 30.3 Å². The van der Waals surface area contributed by atoms with Gasteiger partial charge in [-0.2, -0.15) is 4.73 Å². The number of benzene rings is 1. The van der Waals surface area contributed by atoms with Crippen LogP contribution in [0.15, 0.2) is 49.0 Å². The van der Waals surface area contributed by atoms with E-state index in [-0.39, 0.29) is 6.30 Å². The van der Waals surface area contributed by atoms with Crippen LogP contribution in [0.2, 0.25) is 0 Å². The summed E-state index contributed by atoms with van der Waals surface area (Å²) in [5, 5.41) is 0. The maximum atomic E-state index is 7.34. The van der Waals surface area contributed by atoms with Crippen molar-refractivity contribution < 1.29 is 6.21 Å². The quantitative estimate of drug-likeness (QED) is 0.707. The molecule has 0 radical (unpaired) electrons. The third-order valence-electron chi connectivity index (χ3n) is 1.65. The minimum Gasteiger partial charge on any atom is -0.408 e. The molecule has 0 atom stereocenters. The van der Waals surface area contributed by atoms with Crippen LogP contribution in [-0.2, 0) is 6.61 Å². The van der Waals surface area contributed by atoms with Crippen LogP contribution in [0.3, 0.4) is 0 Å². The number of hydrogen-bond donors (Lipinski definition) is 0. The molecule has 13 heavy (non-hydrogen) atoms. The number of hydrogen-bond acceptors (Lipinski definition) is 2. The Bertz CT molecular complexity index is 400. The Balaban J connectivity index is 1.99. The topological polar surface area (TPSA) is 27.1 Å². The van der Waals surface area contributed by atoms with Crippen LogP contribution >= 0.6 is 0 Å². The molecule has 0 amide bonds. The second-order valence-corrected chi connectivity index (χ2v) is 2.61. The minimum atomic E-state index is 0.112. The molecule has 0 aliphatic rings. The van der Waals surface area contributed by atoms with Gasteiger partial charge in [-0.25, -0.2) is 4.98 Å². The highest BCUT2D eigenvalue weighted by Crippen LogP contribution is 1.98. The molecule has 0 unspecified atom stereocenters. The lowest BCUT2D eigenvalue weighted by Crippen LogP contribution is -2.08. The smallest absolute Gasteiger partial charge is 0.140 e. The van der Waals surface area contributed by atoms with Gasteiger partial charge in [0.15, 0.2) is 0 Å². The summed E-state index contributed by atoms with van der Waals surface area (Å²) < 4.78 is 8.68. The average molecular weight is 175 g/mol. The first-order valence-corrected chi connectivity index (χ1v) is 4.03. The fraction of sp³-hybridized carbons (Fsp3) is 0.100. The summed E-state index contributed by atoms with van der Waals surface area (Å²) >= 11 is 0. The zero-order valence-electron chi connectivity index (χ0n) is 8.05. The highest BCUT2D eigenvalue weighted by atomic mass is 16.7. The second kappa shape index (κ2) is 3.76. The van der Waals surface area contributed by atoms with Crippen molar-refractivity contribution in [2.75, 3.05) is 0 Å². The van der Waals surface area contributed by atoms with Gasteiger partial charge in [-0.1, -0.05) is 30.3 Å². The van der Waals surface area contributed by atoms with Crippen molar-refractivity contribution in [1.82, 2.24) is 9.71 Å². The van der Waals surface area contributed by atoms with E-state index in [1.54, 1.807) is 6.20 Å². The molecule has 66 valence electrons. The van der Waals surface area contributed by atoms with E-state index in [0.29, 0.717) is 6.61 Å². The Kier molecular flexibility index (Phi) is 1.94. The number of aromatic nitrogens is 2. The van der Waals surface area contributed by atoms with Gasteiger partial charge in [-0.3, -0.25) is 0 Å². The largest absolute Gasteiger partial charge is 0.408 e. The highest BCUT2D eigenvalue weighted by molar-refractivity contribution is 5.13. The average Bonchev–Trinajstić information content (AvgIpc) is 2.63. The highest BCUT2D eigenvalue weighted by Gasteiger charge is 1.91. The SMILES string of the molecule is [2H]c1nccn1OCc1ccccc1. The van der Waals surface area contributed by atoms with Crippen molar-refractivity contribution >= 4 is 0 Å². The minimum absolute atomic E-state index is 0.112. The van der Waals surface area contributed by atoms with Gasteiger partial charge < -0.3 is 4.84 Å². The molecule has 3 nitrogen and oxygen atoms in total. The molecule has 0 aliphatic carbocycles. The molecule has 0 saturated carbocycles. The van der Waals surface area contributed by atoms with Crippen molar-refractivity contribution in [3.63, 3.8) is 0 Å². The van der Waals surface area contributed by atoms with E-state index < -0.39 is 0 Å². The molecule has 2 rings (SSSR count). The van der Waals surface area contributed by atoms with Crippen LogP contribution in [0.5, 0.6) is 0 Å². The fourth-order valence-corrected chi connectivity index (χ4v) is 1.01. The molecule has 1 aromatic heterocycles. The zero-order valence-corrected chi connectivity index (χ0v) is 7.05. The third kappa shape index (κ3) is 2.08. The molecular weight excluding hydrogens is 164 g/mol. The van der Waals surface area contributed by atoms with E-state index in [0.717, 1.165) is 5.56 Å². The lowest BCUT2D eigenvalue weighted by Gasteiger charge is -2.04. The van der Waals surface area contributed by atoms with E-state index in [2.05, 4.69) is 4.98 Å². The summed E-state index contributed by atoms with van der Waals surface area (Å²) in [4.78, 5) is 9.06. The molecule has 1 heterocycles. The maximum Gasteiger partial charge on any atom is 0.140 e. The number of imidazole rings is 1. The standard InChI is InChI=1S/C10H10N2O/c1-2-4-10(5-3-1)8-13-12-7-6-11-9-12/h1-7,9H,8H2/i9D. The van der Waals surface area contributed by atoms with Gasteiger partial charge >= 0.3 is 0 Å². The van der Waals surface area contributed by atoms with Gasteiger partial charge in [0.05, 0.1) is 6.20 Å². The summed E-state index contributed by atoms with van der Waals surface area (Å²) in [7, 11) is 0. The van der Waals surface area contributed by atoms with Crippen molar-refractivity contribution in [1.29, 1.82) is 0 Å². The maximum absolute atomic E-state index is 7.34. The van der Waals surface area contributed by atoms with Crippen molar-refractivity contribution in [3.05, 3.63) is 54.6 Å². The second-order valence-electron chi connectivity index (χ2n) is 2.61. The predicted octanol–water partition coefficient (Wildman–Crippen LogP) is 1.51. The first kappa shape index (κ1) is 6.71. The summed E-state index contributed by atoms with van der Waals surface area (Å²) in [6.07, 6.45) is 3.26. The van der Waals surface area contributed by atoms with Crippen LogP contribution < -0.4 is 4.84 Å². The summed E-state index contributed by atoms with van der Waals surface area (Å²) in [5.74, 6) is 0. The van der Waals surface area contributed by atoms with Gasteiger partial charge in [-0.15, -0.1) is 0 Å². The van der Waals surface area contributed by atoms with Crippen LogP contribution in [-0.4, -0.2) is 9.71 Å². The van der Waals surface area contributed by atoms with Gasteiger partial charge in [0, 0.05) is 6.20 Å². The van der Waals surface area contributed by atoms with Gasteiger partial charge in [0.1, 0.15) is 14.3 Å².